The van der Waals surface area contributed by atoms with Crippen LogP contribution in [0, 0.1) is 11.8 Å². The van der Waals surface area contributed by atoms with Crippen LogP contribution >= 0.6 is 11.6 Å². The van der Waals surface area contributed by atoms with Crippen LogP contribution in [0.1, 0.15) is 47.4 Å². The summed E-state index contributed by atoms with van der Waals surface area (Å²) in [5.74, 6) is 0.0246. The van der Waals surface area contributed by atoms with Crippen molar-refractivity contribution < 1.29 is 19.1 Å². The molecular weight excluding hydrogens is 442 g/mol. The number of likely N-dealkylation sites (tertiary alicyclic amines) is 1. The number of carbonyl (C=O) groups excluding carboxylic acids is 3. The van der Waals surface area contributed by atoms with E-state index in [-0.39, 0.29) is 23.6 Å². The maximum absolute atomic E-state index is 13.0. The number of methoxy groups -OCH3 is 1. The summed E-state index contributed by atoms with van der Waals surface area (Å²) in [5, 5.41) is 6.26. The Hall–Kier alpha value is -3.06. The molecule has 0 radical (unpaired) electrons. The molecule has 0 aliphatic carbocycles. The molecule has 1 aliphatic heterocycles. The molecule has 0 aromatic heterocycles. The van der Waals surface area contributed by atoms with Crippen molar-refractivity contribution in [3.05, 3.63) is 58.6 Å². The van der Waals surface area contributed by atoms with Gasteiger partial charge in [0.1, 0.15) is 5.75 Å². The van der Waals surface area contributed by atoms with E-state index < -0.39 is 0 Å². The van der Waals surface area contributed by atoms with Crippen LogP contribution in [0.3, 0.4) is 0 Å². The molecule has 0 bridgehead atoms. The Morgan fingerprint density at radius 3 is 2.45 bits per heavy atom. The Morgan fingerprint density at radius 2 is 1.79 bits per heavy atom. The number of piperidine rings is 1. The third-order valence-corrected chi connectivity index (χ3v) is 5.88. The maximum Gasteiger partial charge on any atom is 0.257 e. The highest BCUT2D eigenvalue weighted by molar-refractivity contribution is 6.31. The van der Waals surface area contributed by atoms with Crippen LogP contribution in [-0.2, 0) is 4.79 Å². The second-order valence-corrected chi connectivity index (χ2v) is 8.99. The lowest BCUT2D eigenvalue weighted by atomic mass is 9.95. The highest BCUT2D eigenvalue weighted by atomic mass is 35.5. The number of nitrogens with one attached hydrogen (secondary N) is 2. The first-order chi connectivity index (χ1) is 15.8. The molecule has 1 fully saturated rings. The molecule has 0 unspecified atom stereocenters. The van der Waals surface area contributed by atoms with Crippen LogP contribution in [0.2, 0.25) is 5.02 Å². The number of carbonyl (C=O) groups is 3. The van der Waals surface area contributed by atoms with Gasteiger partial charge in [-0.15, -0.1) is 0 Å². The summed E-state index contributed by atoms with van der Waals surface area (Å²) < 4.78 is 5.30. The van der Waals surface area contributed by atoms with Gasteiger partial charge in [0.2, 0.25) is 5.91 Å². The average Bonchev–Trinajstić information content (AvgIpc) is 2.82. The molecule has 1 aliphatic rings. The minimum Gasteiger partial charge on any atom is -0.496 e. The van der Waals surface area contributed by atoms with E-state index in [2.05, 4.69) is 10.6 Å². The van der Waals surface area contributed by atoms with Gasteiger partial charge in [-0.05, 0) is 49.1 Å². The van der Waals surface area contributed by atoms with Crippen molar-refractivity contribution in [3.63, 3.8) is 0 Å². The SMILES string of the molecule is COc1ccc(Cl)cc1C(=O)N1CCC(C(=O)Nc2ccccc2C(=O)NCC(C)C)CC1. The first kappa shape index (κ1) is 24.6. The fourth-order valence-electron chi connectivity index (χ4n) is 3.78. The number of benzene rings is 2. The molecule has 1 saturated heterocycles. The Balaban J connectivity index is 1.61. The van der Waals surface area contributed by atoms with Crippen molar-refractivity contribution in [1.29, 1.82) is 0 Å². The predicted octanol–water partition coefficient (Wildman–Crippen LogP) is 4.23. The van der Waals surface area contributed by atoms with Gasteiger partial charge in [0, 0.05) is 30.6 Å². The van der Waals surface area contributed by atoms with Gasteiger partial charge in [-0.2, -0.15) is 0 Å². The number of ether oxygens (including phenoxy) is 1. The molecular formula is C25H30ClN3O4. The van der Waals surface area contributed by atoms with E-state index >= 15 is 0 Å². The van der Waals surface area contributed by atoms with Crippen LogP contribution < -0.4 is 15.4 Å². The van der Waals surface area contributed by atoms with E-state index in [1.54, 1.807) is 47.4 Å². The number of anilines is 1. The zero-order chi connectivity index (χ0) is 24.0. The maximum atomic E-state index is 13.0. The fourth-order valence-corrected chi connectivity index (χ4v) is 3.95. The third-order valence-electron chi connectivity index (χ3n) is 5.65. The van der Waals surface area contributed by atoms with Crippen LogP contribution in [0.25, 0.3) is 0 Å². The van der Waals surface area contributed by atoms with Gasteiger partial charge >= 0.3 is 0 Å². The van der Waals surface area contributed by atoms with Crippen molar-refractivity contribution in [2.45, 2.75) is 26.7 Å². The van der Waals surface area contributed by atoms with Gasteiger partial charge in [0.25, 0.3) is 11.8 Å². The quantitative estimate of drug-likeness (QED) is 0.632. The third kappa shape index (κ3) is 6.26. The van der Waals surface area contributed by atoms with Gasteiger partial charge in [0.15, 0.2) is 0 Å². The predicted molar refractivity (Wildman–Crippen MR) is 129 cm³/mol. The standard InChI is InChI=1S/C25H30ClN3O4/c1-16(2)15-27-24(31)19-6-4-5-7-21(19)28-23(30)17-10-12-29(13-11-17)25(32)20-14-18(26)8-9-22(20)33-3/h4-9,14,16-17H,10-13,15H2,1-3H3,(H,27,31)(H,28,30). The van der Waals surface area contributed by atoms with Gasteiger partial charge in [-0.1, -0.05) is 37.6 Å². The molecule has 1 heterocycles. The summed E-state index contributed by atoms with van der Waals surface area (Å²) in [4.78, 5) is 40.1. The molecule has 2 N–H and O–H groups in total. The Morgan fingerprint density at radius 1 is 1.09 bits per heavy atom. The molecule has 33 heavy (non-hydrogen) atoms. The minimum atomic E-state index is -0.248. The smallest absolute Gasteiger partial charge is 0.257 e. The first-order valence-corrected chi connectivity index (χ1v) is 11.5. The Labute approximate surface area is 199 Å². The van der Waals surface area contributed by atoms with E-state index in [0.29, 0.717) is 66.0 Å². The van der Waals surface area contributed by atoms with Gasteiger partial charge in [0.05, 0.1) is 23.9 Å². The number of para-hydroxylation sites is 1. The number of nitrogens with zero attached hydrogens (tertiary/aromatic N) is 1. The second kappa shape index (κ2) is 11.2. The van der Waals surface area contributed by atoms with Crippen molar-refractivity contribution in [1.82, 2.24) is 10.2 Å². The van der Waals surface area contributed by atoms with Crippen molar-refractivity contribution in [2.75, 3.05) is 32.1 Å². The number of rotatable bonds is 7. The van der Waals surface area contributed by atoms with E-state index in [0.717, 1.165) is 0 Å². The summed E-state index contributed by atoms with van der Waals surface area (Å²) in [6.45, 7) is 5.50. The molecule has 2 aromatic rings. The Kier molecular flexibility index (Phi) is 8.33. The summed E-state index contributed by atoms with van der Waals surface area (Å²) in [5.41, 5.74) is 1.34. The molecule has 176 valence electrons. The van der Waals surface area contributed by atoms with Crippen LogP contribution in [0.15, 0.2) is 42.5 Å². The summed E-state index contributed by atoms with van der Waals surface area (Å²) in [7, 11) is 1.51. The highest BCUT2D eigenvalue weighted by Crippen LogP contribution is 2.27. The summed E-state index contributed by atoms with van der Waals surface area (Å²) in [6, 6.07) is 11.9. The van der Waals surface area contributed by atoms with Gasteiger partial charge < -0.3 is 20.3 Å². The largest absolute Gasteiger partial charge is 0.496 e. The summed E-state index contributed by atoms with van der Waals surface area (Å²) >= 11 is 6.06. The zero-order valence-corrected chi connectivity index (χ0v) is 19.9. The zero-order valence-electron chi connectivity index (χ0n) is 19.2. The van der Waals surface area contributed by atoms with Crippen LogP contribution in [0.4, 0.5) is 5.69 Å². The van der Waals surface area contributed by atoms with E-state index in [9.17, 15) is 14.4 Å². The van der Waals surface area contributed by atoms with Crippen molar-refractivity contribution >= 4 is 35.0 Å². The van der Waals surface area contributed by atoms with E-state index in [1.165, 1.54) is 7.11 Å². The van der Waals surface area contributed by atoms with E-state index in [1.807, 2.05) is 13.8 Å². The van der Waals surface area contributed by atoms with Crippen LogP contribution in [-0.4, -0.2) is 49.4 Å². The lowest BCUT2D eigenvalue weighted by molar-refractivity contribution is -0.121. The lowest BCUT2D eigenvalue weighted by Gasteiger charge is -2.31. The lowest BCUT2D eigenvalue weighted by Crippen LogP contribution is -2.41. The number of hydrogen-bond donors (Lipinski definition) is 2. The number of hydrogen-bond acceptors (Lipinski definition) is 4. The molecule has 0 spiro atoms. The van der Waals surface area contributed by atoms with Gasteiger partial charge in [-0.3, -0.25) is 14.4 Å². The first-order valence-electron chi connectivity index (χ1n) is 11.1. The van der Waals surface area contributed by atoms with E-state index in [4.69, 9.17) is 16.3 Å². The second-order valence-electron chi connectivity index (χ2n) is 8.55. The molecule has 2 aromatic carbocycles. The number of halogens is 1. The molecule has 8 heteroatoms. The average molecular weight is 472 g/mol. The molecule has 3 amide bonds. The summed E-state index contributed by atoms with van der Waals surface area (Å²) in [6.07, 6.45) is 1.06. The molecule has 3 rings (SSSR count). The molecule has 0 saturated carbocycles. The normalized spacial score (nSPS) is 14.2. The monoisotopic (exact) mass is 471 g/mol. The minimum absolute atomic E-state index is 0.147. The number of amides is 3. The van der Waals surface area contributed by atoms with Crippen LogP contribution in [0.5, 0.6) is 5.75 Å². The van der Waals surface area contributed by atoms with Gasteiger partial charge in [-0.25, -0.2) is 0 Å². The van der Waals surface area contributed by atoms with Crippen molar-refractivity contribution in [3.8, 4) is 5.75 Å². The fraction of sp³-hybridized carbons (Fsp3) is 0.400. The molecule has 0 atom stereocenters. The molecule has 7 nitrogen and oxygen atoms in total. The Bertz CT molecular complexity index is 1020. The highest BCUT2D eigenvalue weighted by Gasteiger charge is 2.29. The van der Waals surface area contributed by atoms with Crippen molar-refractivity contribution in [2.24, 2.45) is 11.8 Å². The topological polar surface area (TPSA) is 87.7 Å².